The van der Waals surface area contributed by atoms with Gasteiger partial charge in [0, 0.05) is 16.3 Å². The van der Waals surface area contributed by atoms with Crippen molar-refractivity contribution in [2.75, 3.05) is 16.8 Å². The molecule has 21 heavy (non-hydrogen) atoms. The highest BCUT2D eigenvalue weighted by atomic mass is 32.2. The number of hydrogen-bond acceptors (Lipinski definition) is 3. The second-order valence-electron chi connectivity index (χ2n) is 4.57. The Morgan fingerprint density at radius 1 is 1.29 bits per heavy atom. The first kappa shape index (κ1) is 15.2. The normalized spacial score (nSPS) is 11.9. The summed E-state index contributed by atoms with van der Waals surface area (Å²) in [6, 6.07) is 10.6. The van der Waals surface area contributed by atoms with Crippen LogP contribution in [0.1, 0.15) is 5.56 Å². The standard InChI is InChI=1S/C15H15FN2O2S/c1-10-5-6-12(17)8-14(10)21(20)9-15(19)18-13-4-2-3-11(16)7-13/h2-8H,9,17H2,1H3,(H,18,19). The molecule has 0 aliphatic carbocycles. The number of hydrogen-bond donors (Lipinski definition) is 2. The molecule has 1 atom stereocenters. The predicted octanol–water partition coefficient (Wildman–Crippen LogP) is 2.46. The van der Waals surface area contributed by atoms with E-state index in [2.05, 4.69) is 5.32 Å². The molecule has 0 aliphatic heterocycles. The molecule has 1 unspecified atom stereocenters. The van der Waals surface area contributed by atoms with Crippen molar-refractivity contribution in [2.45, 2.75) is 11.8 Å². The van der Waals surface area contributed by atoms with E-state index in [1.54, 1.807) is 31.2 Å². The number of halogens is 1. The number of nitrogens with two attached hydrogens (primary N) is 1. The van der Waals surface area contributed by atoms with Crippen molar-refractivity contribution in [1.82, 2.24) is 0 Å². The second-order valence-corrected chi connectivity index (χ2v) is 5.99. The molecule has 0 aliphatic rings. The lowest BCUT2D eigenvalue weighted by Crippen LogP contribution is -2.20. The molecule has 4 nitrogen and oxygen atoms in total. The molecule has 3 N–H and O–H groups in total. The second kappa shape index (κ2) is 6.49. The van der Waals surface area contributed by atoms with Gasteiger partial charge in [0.1, 0.15) is 11.6 Å². The Morgan fingerprint density at radius 3 is 2.76 bits per heavy atom. The SMILES string of the molecule is Cc1ccc(N)cc1S(=O)CC(=O)Nc1cccc(F)c1. The molecule has 0 heterocycles. The van der Waals surface area contributed by atoms with Gasteiger partial charge in [-0.05, 0) is 42.8 Å². The van der Waals surface area contributed by atoms with Crippen LogP contribution in [0.5, 0.6) is 0 Å². The van der Waals surface area contributed by atoms with Crippen LogP contribution in [0.3, 0.4) is 0 Å². The van der Waals surface area contributed by atoms with Crippen molar-refractivity contribution in [3.63, 3.8) is 0 Å². The van der Waals surface area contributed by atoms with Gasteiger partial charge < -0.3 is 11.1 Å². The van der Waals surface area contributed by atoms with Crippen LogP contribution in [0.4, 0.5) is 15.8 Å². The Labute approximate surface area is 124 Å². The van der Waals surface area contributed by atoms with Crippen molar-refractivity contribution in [1.29, 1.82) is 0 Å². The van der Waals surface area contributed by atoms with Crippen LogP contribution in [-0.4, -0.2) is 15.9 Å². The summed E-state index contributed by atoms with van der Waals surface area (Å²) in [5.41, 5.74) is 7.30. The zero-order chi connectivity index (χ0) is 15.4. The number of nitrogen functional groups attached to an aromatic ring is 1. The molecular formula is C15H15FN2O2S. The maximum Gasteiger partial charge on any atom is 0.237 e. The Morgan fingerprint density at radius 2 is 2.05 bits per heavy atom. The van der Waals surface area contributed by atoms with E-state index in [9.17, 15) is 13.4 Å². The van der Waals surface area contributed by atoms with Crippen molar-refractivity contribution < 1.29 is 13.4 Å². The monoisotopic (exact) mass is 306 g/mol. The van der Waals surface area contributed by atoms with Crippen molar-refractivity contribution in [3.8, 4) is 0 Å². The van der Waals surface area contributed by atoms with E-state index < -0.39 is 22.5 Å². The summed E-state index contributed by atoms with van der Waals surface area (Å²) in [6.45, 7) is 1.80. The topological polar surface area (TPSA) is 72.2 Å². The van der Waals surface area contributed by atoms with Gasteiger partial charge in [-0.25, -0.2) is 4.39 Å². The third-order valence-corrected chi connectivity index (χ3v) is 4.28. The van der Waals surface area contributed by atoms with Crippen molar-refractivity contribution in [2.24, 2.45) is 0 Å². The predicted molar refractivity (Wildman–Crippen MR) is 81.9 cm³/mol. The lowest BCUT2D eigenvalue weighted by atomic mass is 10.2. The molecule has 0 saturated heterocycles. The first-order valence-corrected chi connectivity index (χ1v) is 7.57. The van der Waals surface area contributed by atoms with Crippen LogP contribution in [0.2, 0.25) is 0 Å². The number of rotatable bonds is 4. The van der Waals surface area contributed by atoms with Crippen molar-refractivity contribution in [3.05, 3.63) is 53.8 Å². The number of carbonyl (C=O) groups is 1. The van der Waals surface area contributed by atoms with Crippen LogP contribution in [0.15, 0.2) is 47.4 Å². The van der Waals surface area contributed by atoms with E-state index in [1.807, 2.05) is 0 Å². The number of anilines is 2. The van der Waals surface area contributed by atoms with Crippen LogP contribution < -0.4 is 11.1 Å². The molecule has 0 fully saturated rings. The summed E-state index contributed by atoms with van der Waals surface area (Å²) in [5.74, 6) is -1.10. The maximum atomic E-state index is 13.0. The lowest BCUT2D eigenvalue weighted by Gasteiger charge is -2.08. The molecule has 0 aromatic heterocycles. The zero-order valence-electron chi connectivity index (χ0n) is 11.4. The Kier molecular flexibility index (Phi) is 4.70. The molecule has 2 rings (SSSR count). The third kappa shape index (κ3) is 4.13. The van der Waals surface area contributed by atoms with Gasteiger partial charge >= 0.3 is 0 Å². The minimum Gasteiger partial charge on any atom is -0.399 e. The van der Waals surface area contributed by atoms with Gasteiger partial charge in [-0.3, -0.25) is 9.00 Å². The summed E-state index contributed by atoms with van der Waals surface area (Å²) < 4.78 is 25.2. The van der Waals surface area contributed by atoms with Gasteiger partial charge in [0.15, 0.2) is 0 Å². The highest BCUT2D eigenvalue weighted by molar-refractivity contribution is 7.85. The fourth-order valence-electron chi connectivity index (χ4n) is 1.82. The molecule has 0 saturated carbocycles. The average Bonchev–Trinajstić information content (AvgIpc) is 2.41. The number of carbonyl (C=O) groups excluding carboxylic acids is 1. The summed E-state index contributed by atoms with van der Waals surface area (Å²) in [7, 11) is -1.50. The molecular weight excluding hydrogens is 291 g/mol. The van der Waals surface area contributed by atoms with E-state index in [4.69, 9.17) is 5.73 Å². The molecule has 0 spiro atoms. The van der Waals surface area contributed by atoms with Crippen molar-refractivity contribution >= 4 is 28.1 Å². The zero-order valence-corrected chi connectivity index (χ0v) is 12.2. The van der Waals surface area contributed by atoms with E-state index in [1.165, 1.54) is 18.2 Å². The minimum atomic E-state index is -1.50. The molecule has 6 heteroatoms. The first-order valence-electron chi connectivity index (χ1n) is 6.25. The van der Waals surface area contributed by atoms with E-state index in [0.29, 0.717) is 16.3 Å². The highest BCUT2D eigenvalue weighted by Gasteiger charge is 2.13. The van der Waals surface area contributed by atoms with Crippen LogP contribution >= 0.6 is 0 Å². The summed E-state index contributed by atoms with van der Waals surface area (Å²) in [4.78, 5) is 12.4. The van der Waals surface area contributed by atoms with Crippen LogP contribution in [0.25, 0.3) is 0 Å². The number of benzene rings is 2. The van der Waals surface area contributed by atoms with Gasteiger partial charge in [0.05, 0.1) is 10.8 Å². The van der Waals surface area contributed by atoms with E-state index in [0.717, 1.165) is 5.56 Å². The number of amides is 1. The fourth-order valence-corrected chi connectivity index (χ4v) is 2.98. The maximum absolute atomic E-state index is 13.0. The molecule has 1 amide bonds. The van der Waals surface area contributed by atoms with Gasteiger partial charge in [0.25, 0.3) is 0 Å². The molecule has 2 aromatic carbocycles. The fraction of sp³-hybridized carbons (Fsp3) is 0.133. The quantitative estimate of drug-likeness (QED) is 0.852. The Balaban J connectivity index is 2.05. The summed E-state index contributed by atoms with van der Waals surface area (Å²) in [6.07, 6.45) is 0. The van der Waals surface area contributed by atoms with E-state index >= 15 is 0 Å². The Hall–Kier alpha value is -2.21. The van der Waals surface area contributed by atoms with E-state index in [-0.39, 0.29) is 5.75 Å². The first-order chi connectivity index (χ1) is 9.95. The minimum absolute atomic E-state index is 0.208. The molecule has 110 valence electrons. The smallest absolute Gasteiger partial charge is 0.237 e. The average molecular weight is 306 g/mol. The highest BCUT2D eigenvalue weighted by Crippen LogP contribution is 2.17. The summed E-state index contributed by atoms with van der Waals surface area (Å²) in [5, 5.41) is 2.51. The van der Waals surface area contributed by atoms with Gasteiger partial charge in [-0.1, -0.05) is 12.1 Å². The number of nitrogens with one attached hydrogen (secondary N) is 1. The van der Waals surface area contributed by atoms with Gasteiger partial charge in [0.2, 0.25) is 5.91 Å². The lowest BCUT2D eigenvalue weighted by molar-refractivity contribution is -0.113. The van der Waals surface area contributed by atoms with Crippen LogP contribution in [-0.2, 0) is 15.6 Å². The van der Waals surface area contributed by atoms with Gasteiger partial charge in [-0.15, -0.1) is 0 Å². The molecule has 0 radical (unpaired) electrons. The largest absolute Gasteiger partial charge is 0.399 e. The van der Waals surface area contributed by atoms with Crippen LogP contribution in [0, 0.1) is 12.7 Å². The molecule has 2 aromatic rings. The van der Waals surface area contributed by atoms with Gasteiger partial charge in [-0.2, -0.15) is 0 Å². The Bertz CT molecular complexity index is 704. The third-order valence-electron chi connectivity index (χ3n) is 2.83. The summed E-state index contributed by atoms with van der Waals surface area (Å²) >= 11 is 0. The molecule has 0 bridgehead atoms. The number of aryl methyl sites for hydroxylation is 1.